The number of aromatic nitrogens is 2. The van der Waals surface area contributed by atoms with Crippen LogP contribution in [0.1, 0.15) is 11.1 Å². The molecule has 0 saturated heterocycles. The first-order valence-corrected chi connectivity index (χ1v) is 10.6. The van der Waals surface area contributed by atoms with E-state index in [0.717, 1.165) is 5.56 Å². The second-order valence-electron chi connectivity index (χ2n) is 6.71. The van der Waals surface area contributed by atoms with Crippen LogP contribution in [0, 0.1) is 6.92 Å². The van der Waals surface area contributed by atoms with Crippen molar-refractivity contribution in [1.82, 2.24) is 9.97 Å². The van der Waals surface area contributed by atoms with Gasteiger partial charge in [-0.15, -0.1) is 0 Å². The third-order valence-corrected chi connectivity index (χ3v) is 5.30. The average molecular weight is 435 g/mol. The van der Waals surface area contributed by atoms with Gasteiger partial charge >= 0.3 is 0 Å². The van der Waals surface area contributed by atoms with E-state index >= 15 is 0 Å². The maximum Gasteiger partial charge on any atom is 0.251 e. The Morgan fingerprint density at radius 1 is 1.13 bits per heavy atom. The Labute approximate surface area is 177 Å². The molecule has 31 heavy (non-hydrogen) atoms. The molecule has 156 valence electrons. The summed E-state index contributed by atoms with van der Waals surface area (Å²) in [6.45, 7) is 1.90. The average Bonchev–Trinajstić information content (AvgIpc) is 2.74. The van der Waals surface area contributed by atoms with Gasteiger partial charge < -0.3 is 9.73 Å². The van der Waals surface area contributed by atoms with Gasteiger partial charge in [-0.2, -0.15) is 4.98 Å². The summed E-state index contributed by atoms with van der Waals surface area (Å²) in [4.78, 5) is 25.2. The lowest BCUT2D eigenvalue weighted by Gasteiger charge is -2.06. The van der Waals surface area contributed by atoms with Crippen molar-refractivity contribution < 1.29 is 12.8 Å². The molecule has 0 aliphatic rings. The molecule has 0 bridgehead atoms. The maximum atomic E-state index is 12.7. The highest BCUT2D eigenvalue weighted by Gasteiger charge is 2.08. The number of fused-ring (bicyclic) bond motifs is 1. The number of rotatable bonds is 5. The highest BCUT2D eigenvalue weighted by atomic mass is 32.2. The predicted octanol–water partition coefficient (Wildman–Crippen LogP) is 3.03. The van der Waals surface area contributed by atoms with Crippen molar-refractivity contribution in [3.05, 3.63) is 82.3 Å². The lowest BCUT2D eigenvalue weighted by atomic mass is 10.1. The van der Waals surface area contributed by atoms with Gasteiger partial charge in [0.2, 0.25) is 15.5 Å². The van der Waals surface area contributed by atoms with Crippen molar-refractivity contribution in [1.29, 1.82) is 0 Å². The molecule has 10 heteroatoms. The number of anilines is 2. The van der Waals surface area contributed by atoms with Crippen molar-refractivity contribution in [2.24, 2.45) is 10.1 Å². The molecule has 0 aliphatic carbocycles. The van der Waals surface area contributed by atoms with Crippen molar-refractivity contribution in [3.63, 3.8) is 0 Å². The fourth-order valence-corrected chi connectivity index (χ4v) is 3.35. The standard InChI is InChI=1S/C21H17N5O4S/c1-13-2-7-18-17(10-13)20(27)14(12-30-18)11-24-21-23-9-8-19(26-21)25-15-3-5-16(6-4-15)31(22,28)29/h2-12H,1H3,(H2,22,28,29)(H,23,25,26)/b24-11+. The number of sulfonamides is 1. The maximum absolute atomic E-state index is 12.7. The molecule has 4 aromatic rings. The normalized spacial score (nSPS) is 11.8. The molecule has 4 rings (SSSR count). The van der Waals surface area contributed by atoms with E-state index in [9.17, 15) is 13.2 Å². The molecule has 0 unspecified atom stereocenters. The Morgan fingerprint density at radius 3 is 2.65 bits per heavy atom. The molecule has 0 saturated carbocycles. The molecule has 2 aromatic heterocycles. The fourth-order valence-electron chi connectivity index (χ4n) is 2.83. The Bertz CT molecular complexity index is 1460. The zero-order chi connectivity index (χ0) is 22.0. The number of primary sulfonamides is 1. The minimum absolute atomic E-state index is 0.00966. The molecule has 3 N–H and O–H groups in total. The highest BCUT2D eigenvalue weighted by molar-refractivity contribution is 7.89. The van der Waals surface area contributed by atoms with Crippen LogP contribution in [0.2, 0.25) is 0 Å². The van der Waals surface area contributed by atoms with Crippen molar-refractivity contribution in [2.45, 2.75) is 11.8 Å². The number of aliphatic imine (C=N–C) groups is 1. The van der Waals surface area contributed by atoms with Gasteiger partial charge in [0.25, 0.3) is 5.95 Å². The summed E-state index contributed by atoms with van der Waals surface area (Å²) in [6, 6.07) is 12.9. The number of nitrogens with one attached hydrogen (secondary N) is 1. The van der Waals surface area contributed by atoms with Gasteiger partial charge in [0.05, 0.1) is 15.8 Å². The summed E-state index contributed by atoms with van der Waals surface area (Å²) in [7, 11) is -3.76. The van der Waals surface area contributed by atoms with E-state index in [1.54, 1.807) is 30.3 Å². The van der Waals surface area contributed by atoms with Crippen molar-refractivity contribution >= 4 is 44.7 Å². The zero-order valence-corrected chi connectivity index (χ0v) is 17.1. The largest absolute Gasteiger partial charge is 0.463 e. The van der Waals surface area contributed by atoms with E-state index in [2.05, 4.69) is 20.3 Å². The van der Waals surface area contributed by atoms with E-state index in [1.165, 1.54) is 30.8 Å². The van der Waals surface area contributed by atoms with Crippen molar-refractivity contribution in [2.75, 3.05) is 5.32 Å². The molecular formula is C21H17N5O4S. The molecule has 0 fully saturated rings. The van der Waals surface area contributed by atoms with Crippen molar-refractivity contribution in [3.8, 4) is 0 Å². The summed E-state index contributed by atoms with van der Waals surface area (Å²) in [5.41, 5.74) is 2.14. The third kappa shape index (κ3) is 4.65. The van der Waals surface area contributed by atoms with E-state index in [0.29, 0.717) is 22.5 Å². The van der Waals surface area contributed by atoms with E-state index in [4.69, 9.17) is 9.56 Å². The van der Waals surface area contributed by atoms with Gasteiger partial charge in [-0.1, -0.05) is 11.6 Å². The van der Waals surface area contributed by atoms with E-state index < -0.39 is 10.0 Å². The van der Waals surface area contributed by atoms with Gasteiger partial charge in [0.1, 0.15) is 17.7 Å². The summed E-state index contributed by atoms with van der Waals surface area (Å²) in [6.07, 6.45) is 4.21. The van der Waals surface area contributed by atoms with Gasteiger partial charge in [-0.3, -0.25) is 4.79 Å². The van der Waals surface area contributed by atoms with E-state index in [1.807, 2.05) is 13.0 Å². The molecule has 2 heterocycles. The van der Waals surface area contributed by atoms with Gasteiger partial charge in [-0.05, 0) is 49.4 Å². The molecule has 0 amide bonds. The predicted molar refractivity (Wildman–Crippen MR) is 118 cm³/mol. The Morgan fingerprint density at radius 2 is 1.90 bits per heavy atom. The van der Waals surface area contributed by atoms with Gasteiger partial charge in [0, 0.05) is 18.1 Å². The number of aryl methyl sites for hydroxylation is 1. The lowest BCUT2D eigenvalue weighted by molar-refractivity contribution is 0.597. The number of hydrogen-bond acceptors (Lipinski definition) is 8. The second-order valence-corrected chi connectivity index (χ2v) is 8.28. The minimum atomic E-state index is -3.76. The summed E-state index contributed by atoms with van der Waals surface area (Å²) < 4.78 is 28.2. The Hall–Kier alpha value is -3.89. The second kappa shape index (κ2) is 8.09. The van der Waals surface area contributed by atoms with Crippen LogP contribution in [0.4, 0.5) is 17.5 Å². The van der Waals surface area contributed by atoms with Crippen LogP contribution < -0.4 is 15.9 Å². The number of nitrogens with zero attached hydrogens (tertiary/aromatic N) is 3. The molecule has 0 aliphatic heterocycles. The zero-order valence-electron chi connectivity index (χ0n) is 16.3. The van der Waals surface area contributed by atoms with Gasteiger partial charge in [0.15, 0.2) is 0 Å². The van der Waals surface area contributed by atoms with Crippen LogP contribution >= 0.6 is 0 Å². The lowest BCUT2D eigenvalue weighted by Crippen LogP contribution is -2.11. The number of hydrogen-bond donors (Lipinski definition) is 2. The number of benzene rings is 2. The highest BCUT2D eigenvalue weighted by Crippen LogP contribution is 2.18. The first kappa shape index (κ1) is 20.4. The van der Waals surface area contributed by atoms with Crippen LogP contribution in [-0.4, -0.2) is 24.6 Å². The summed E-state index contributed by atoms with van der Waals surface area (Å²) >= 11 is 0. The molecule has 0 spiro atoms. The Kier molecular flexibility index (Phi) is 5.32. The molecule has 0 radical (unpaired) electrons. The van der Waals surface area contributed by atoms with Crippen LogP contribution in [0.15, 0.2) is 80.1 Å². The molecule has 2 aromatic carbocycles. The third-order valence-electron chi connectivity index (χ3n) is 4.37. The first-order valence-electron chi connectivity index (χ1n) is 9.09. The van der Waals surface area contributed by atoms with Crippen LogP contribution in [0.25, 0.3) is 11.0 Å². The Balaban J connectivity index is 1.56. The summed E-state index contributed by atoms with van der Waals surface area (Å²) in [5, 5.41) is 8.59. The molecular weight excluding hydrogens is 418 g/mol. The van der Waals surface area contributed by atoms with Crippen LogP contribution in [-0.2, 0) is 10.0 Å². The van der Waals surface area contributed by atoms with E-state index in [-0.39, 0.29) is 21.8 Å². The number of nitrogens with two attached hydrogens (primary N) is 1. The van der Waals surface area contributed by atoms with Crippen LogP contribution in [0.5, 0.6) is 0 Å². The quantitative estimate of drug-likeness (QED) is 0.459. The summed E-state index contributed by atoms with van der Waals surface area (Å²) in [5.74, 6) is 0.571. The smallest absolute Gasteiger partial charge is 0.251 e. The first-order chi connectivity index (χ1) is 14.8. The molecule has 0 atom stereocenters. The minimum Gasteiger partial charge on any atom is -0.463 e. The SMILES string of the molecule is Cc1ccc2occ(/C=N/c3nccc(Nc4ccc(S(N)(=O)=O)cc4)n3)c(=O)c2c1. The monoisotopic (exact) mass is 435 g/mol. The van der Waals surface area contributed by atoms with Crippen LogP contribution in [0.3, 0.4) is 0 Å². The molecule has 9 nitrogen and oxygen atoms in total. The fraction of sp³-hybridized carbons (Fsp3) is 0.0476. The topological polar surface area (TPSA) is 141 Å². The van der Waals surface area contributed by atoms with Gasteiger partial charge in [-0.25, -0.2) is 23.5 Å².